The normalized spacial score (nSPS) is 11.6. The van der Waals surface area contributed by atoms with Crippen molar-refractivity contribution >= 4 is 82.1 Å². The molecule has 0 unspecified atom stereocenters. The number of nitrogens with zero attached hydrogens (tertiary/aromatic N) is 1. The Morgan fingerprint density at radius 2 is 0.833 bits per heavy atom. The quantitative estimate of drug-likeness (QED) is 0.149. The van der Waals surface area contributed by atoms with Crippen LogP contribution in [0.3, 0.4) is 0 Å². The van der Waals surface area contributed by atoms with Crippen LogP contribution in [0.15, 0.2) is 253 Å². The van der Waals surface area contributed by atoms with Gasteiger partial charge in [0.05, 0.1) is 5.69 Å². The first-order valence-electron chi connectivity index (χ1n) is 22.7. The van der Waals surface area contributed by atoms with Crippen molar-refractivity contribution in [1.29, 1.82) is 0 Å². The minimum atomic E-state index is 0.877. The molecule has 0 saturated carbocycles. The molecule has 12 aromatic carbocycles. The van der Waals surface area contributed by atoms with E-state index in [0.717, 1.165) is 61.1 Å². The molecule has 0 aliphatic heterocycles. The summed E-state index contributed by atoms with van der Waals surface area (Å²) in [5.74, 6) is 0. The van der Waals surface area contributed by atoms with E-state index in [4.69, 9.17) is 4.42 Å². The van der Waals surface area contributed by atoms with Crippen LogP contribution in [0.2, 0.25) is 0 Å². The lowest BCUT2D eigenvalue weighted by molar-refractivity contribution is 0.673. The lowest BCUT2D eigenvalue weighted by atomic mass is 9.93. The van der Waals surface area contributed by atoms with Crippen LogP contribution < -0.4 is 4.90 Å². The molecule has 1 heterocycles. The maximum Gasteiger partial charge on any atom is 0.143 e. The van der Waals surface area contributed by atoms with Gasteiger partial charge >= 0.3 is 0 Å². The van der Waals surface area contributed by atoms with E-state index in [0.29, 0.717) is 0 Å². The lowest BCUT2D eigenvalue weighted by Crippen LogP contribution is -2.11. The average Bonchev–Trinajstić information content (AvgIpc) is 3.79. The van der Waals surface area contributed by atoms with Crippen LogP contribution >= 0.6 is 0 Å². The molecule has 66 heavy (non-hydrogen) atoms. The average molecular weight is 840 g/mol. The summed E-state index contributed by atoms with van der Waals surface area (Å²) in [6.07, 6.45) is 0. The van der Waals surface area contributed by atoms with Gasteiger partial charge in [0.1, 0.15) is 11.2 Å². The number of furan rings is 1. The zero-order valence-electron chi connectivity index (χ0n) is 36.0. The summed E-state index contributed by atoms with van der Waals surface area (Å²) >= 11 is 0. The Morgan fingerprint density at radius 3 is 1.64 bits per heavy atom. The van der Waals surface area contributed by atoms with Crippen molar-refractivity contribution in [2.24, 2.45) is 0 Å². The van der Waals surface area contributed by atoms with Crippen LogP contribution in [0.25, 0.3) is 110 Å². The van der Waals surface area contributed by atoms with Crippen molar-refractivity contribution in [3.8, 4) is 44.5 Å². The van der Waals surface area contributed by atoms with Crippen molar-refractivity contribution in [2.45, 2.75) is 0 Å². The van der Waals surface area contributed by atoms with Crippen LogP contribution in [0.1, 0.15) is 0 Å². The van der Waals surface area contributed by atoms with Gasteiger partial charge in [-0.1, -0.05) is 194 Å². The van der Waals surface area contributed by atoms with Gasteiger partial charge in [-0.25, -0.2) is 0 Å². The minimum Gasteiger partial charge on any atom is -0.455 e. The molecule has 0 spiro atoms. The maximum atomic E-state index is 6.71. The third-order valence-electron chi connectivity index (χ3n) is 13.4. The predicted octanol–water partition coefficient (Wildman–Crippen LogP) is 18.3. The number of anilines is 3. The van der Waals surface area contributed by atoms with Crippen LogP contribution in [0.5, 0.6) is 0 Å². The van der Waals surface area contributed by atoms with Crippen molar-refractivity contribution in [2.75, 3.05) is 4.90 Å². The summed E-state index contributed by atoms with van der Waals surface area (Å²) in [6, 6.07) is 90.2. The second kappa shape index (κ2) is 15.5. The van der Waals surface area contributed by atoms with Crippen LogP contribution in [-0.2, 0) is 0 Å². The van der Waals surface area contributed by atoms with Crippen molar-refractivity contribution in [1.82, 2.24) is 0 Å². The van der Waals surface area contributed by atoms with E-state index in [9.17, 15) is 0 Å². The Balaban J connectivity index is 0.963. The highest BCUT2D eigenvalue weighted by molar-refractivity contribution is 6.20. The second-order valence-electron chi connectivity index (χ2n) is 17.2. The molecule has 1 aromatic heterocycles. The summed E-state index contributed by atoms with van der Waals surface area (Å²) in [5, 5.41) is 12.0. The Kier molecular flexibility index (Phi) is 8.89. The Morgan fingerprint density at radius 1 is 0.273 bits per heavy atom. The molecule has 13 aromatic rings. The number of hydrogen-bond acceptors (Lipinski definition) is 2. The SMILES string of the molecule is c1cc(-c2ccc(N(c3ccc(-c4cc5ccccc5c5ccccc45)cc3)c3ccccc3-c3cccc4oc5c6ccccc6ccc5c34)cc2)cc(-c2cccc3ccccc23)c1. The fourth-order valence-corrected chi connectivity index (χ4v) is 10.3. The predicted molar refractivity (Wildman–Crippen MR) is 280 cm³/mol. The van der Waals surface area contributed by atoms with Crippen LogP contribution in [-0.4, -0.2) is 0 Å². The molecule has 0 aliphatic carbocycles. The fraction of sp³-hybridized carbons (Fsp3) is 0. The molecule has 0 aliphatic rings. The van der Waals surface area contributed by atoms with E-state index in [1.807, 2.05) is 0 Å². The molecule has 0 bridgehead atoms. The van der Waals surface area contributed by atoms with Crippen molar-refractivity contribution in [3.05, 3.63) is 249 Å². The fourth-order valence-electron chi connectivity index (χ4n) is 10.3. The molecule has 0 radical (unpaired) electrons. The molecule has 0 fully saturated rings. The minimum absolute atomic E-state index is 0.877. The molecule has 2 nitrogen and oxygen atoms in total. The molecule has 308 valence electrons. The highest BCUT2D eigenvalue weighted by Crippen LogP contribution is 2.47. The standard InChI is InChI=1S/C64H41NO/c1-4-20-51-43(14-1)17-12-26-52(51)47-19-11-18-46(40-47)42-30-35-49(36-31-42)65(50-37-32-45(33-38-50)60-41-48-16-3-5-21-53(48)55-23-7-8-24-56(55)60)61-28-10-9-25-57(61)58-27-13-29-62-63(58)59-39-34-44-15-2-6-22-54(44)64(59)66-62/h1-41H. The molecular formula is C64H41NO. The lowest BCUT2D eigenvalue weighted by Gasteiger charge is -2.28. The zero-order valence-corrected chi connectivity index (χ0v) is 36.0. The Bertz CT molecular complexity index is 3990. The first-order valence-corrected chi connectivity index (χ1v) is 22.7. The first-order chi connectivity index (χ1) is 32.7. The number of rotatable bonds is 7. The van der Waals surface area contributed by atoms with Gasteiger partial charge in [-0.2, -0.15) is 0 Å². The van der Waals surface area contributed by atoms with Gasteiger partial charge < -0.3 is 9.32 Å². The van der Waals surface area contributed by atoms with Gasteiger partial charge in [0.15, 0.2) is 0 Å². The van der Waals surface area contributed by atoms with E-state index in [1.165, 1.54) is 65.5 Å². The summed E-state index contributed by atoms with van der Waals surface area (Å²) in [4.78, 5) is 2.41. The highest BCUT2D eigenvalue weighted by atomic mass is 16.3. The summed E-state index contributed by atoms with van der Waals surface area (Å²) in [5.41, 5.74) is 14.4. The Hall–Kier alpha value is -8.72. The topological polar surface area (TPSA) is 16.4 Å². The molecule has 0 amide bonds. The van der Waals surface area contributed by atoms with Gasteiger partial charge in [0.25, 0.3) is 0 Å². The van der Waals surface area contributed by atoms with Gasteiger partial charge in [0, 0.05) is 33.1 Å². The van der Waals surface area contributed by atoms with Gasteiger partial charge in [-0.05, 0) is 131 Å². The van der Waals surface area contributed by atoms with Crippen molar-refractivity contribution in [3.63, 3.8) is 0 Å². The van der Waals surface area contributed by atoms with Gasteiger partial charge in [-0.15, -0.1) is 0 Å². The van der Waals surface area contributed by atoms with E-state index >= 15 is 0 Å². The maximum absolute atomic E-state index is 6.71. The largest absolute Gasteiger partial charge is 0.455 e. The monoisotopic (exact) mass is 839 g/mol. The second-order valence-corrected chi connectivity index (χ2v) is 17.2. The smallest absolute Gasteiger partial charge is 0.143 e. The molecular weight excluding hydrogens is 799 g/mol. The number of benzene rings is 12. The third kappa shape index (κ3) is 6.26. The van der Waals surface area contributed by atoms with E-state index in [-0.39, 0.29) is 0 Å². The Labute approximate surface area is 382 Å². The van der Waals surface area contributed by atoms with Crippen LogP contribution in [0.4, 0.5) is 17.1 Å². The summed E-state index contributed by atoms with van der Waals surface area (Å²) in [6.45, 7) is 0. The molecule has 0 atom stereocenters. The van der Waals surface area contributed by atoms with E-state index in [2.05, 4.69) is 254 Å². The number of fused-ring (bicyclic) bond motifs is 9. The zero-order chi connectivity index (χ0) is 43.6. The summed E-state index contributed by atoms with van der Waals surface area (Å²) < 4.78 is 6.71. The molecule has 2 heteroatoms. The van der Waals surface area contributed by atoms with Crippen molar-refractivity contribution < 1.29 is 4.42 Å². The third-order valence-corrected chi connectivity index (χ3v) is 13.4. The molecule has 0 N–H and O–H groups in total. The van der Waals surface area contributed by atoms with Crippen LogP contribution in [0, 0.1) is 0 Å². The van der Waals surface area contributed by atoms with E-state index in [1.54, 1.807) is 0 Å². The molecule has 13 rings (SSSR count). The molecule has 0 saturated heterocycles. The van der Waals surface area contributed by atoms with Gasteiger partial charge in [-0.3, -0.25) is 0 Å². The number of para-hydroxylation sites is 1. The first kappa shape index (κ1) is 37.8. The number of hydrogen-bond donors (Lipinski definition) is 0. The highest BCUT2D eigenvalue weighted by Gasteiger charge is 2.22. The van der Waals surface area contributed by atoms with E-state index < -0.39 is 0 Å². The summed E-state index contributed by atoms with van der Waals surface area (Å²) in [7, 11) is 0. The van der Waals surface area contributed by atoms with Gasteiger partial charge in [0.2, 0.25) is 0 Å².